The number of aryl methyl sites for hydroxylation is 1. The Hall–Kier alpha value is -2.28. The summed E-state index contributed by atoms with van der Waals surface area (Å²) in [5, 5.41) is 2.95. The van der Waals surface area contributed by atoms with Gasteiger partial charge in [0.15, 0.2) is 0 Å². The summed E-state index contributed by atoms with van der Waals surface area (Å²) in [6, 6.07) is 6.66. The summed E-state index contributed by atoms with van der Waals surface area (Å²) >= 11 is 0. The molecule has 1 aromatic rings. The number of carbonyl (C=O) groups excluding carboxylic acids is 2. The summed E-state index contributed by atoms with van der Waals surface area (Å²) in [5.41, 5.74) is 2.11. The van der Waals surface area contributed by atoms with Crippen LogP contribution in [0.25, 0.3) is 0 Å². The van der Waals surface area contributed by atoms with Crippen molar-refractivity contribution in [1.82, 2.24) is 20.0 Å². The van der Waals surface area contributed by atoms with Crippen molar-refractivity contribution in [3.8, 4) is 5.75 Å². The lowest BCUT2D eigenvalue weighted by Crippen LogP contribution is -2.50. The van der Waals surface area contributed by atoms with Crippen LogP contribution in [0, 0.1) is 0 Å². The molecule has 0 atom stereocenters. The van der Waals surface area contributed by atoms with E-state index in [-0.39, 0.29) is 18.0 Å². The highest BCUT2D eigenvalue weighted by atomic mass is 16.5. The minimum absolute atomic E-state index is 0.0671. The Kier molecular flexibility index (Phi) is 7.58. The highest BCUT2D eigenvalue weighted by molar-refractivity contribution is 5.76. The first-order valence-electron chi connectivity index (χ1n) is 11.2. The molecule has 166 valence electrons. The monoisotopic (exact) mass is 416 g/mol. The van der Waals surface area contributed by atoms with Gasteiger partial charge in [0.05, 0.1) is 13.1 Å². The summed E-state index contributed by atoms with van der Waals surface area (Å²) < 4.78 is 5.84. The molecule has 3 amide bonds. The van der Waals surface area contributed by atoms with Crippen molar-refractivity contribution in [3.05, 3.63) is 29.3 Å². The molecule has 0 aromatic heterocycles. The molecule has 0 bridgehead atoms. The molecule has 0 radical (unpaired) electrons. The van der Waals surface area contributed by atoms with Crippen LogP contribution in [-0.4, -0.2) is 78.1 Å². The van der Waals surface area contributed by atoms with E-state index in [1.165, 1.54) is 0 Å². The molecule has 7 heteroatoms. The number of hydrogen-bond donors (Lipinski definition) is 1. The number of ether oxygens (including phenoxy) is 1. The third-order valence-corrected chi connectivity index (χ3v) is 5.83. The average Bonchev–Trinajstić information content (AvgIpc) is 2.93. The van der Waals surface area contributed by atoms with E-state index in [2.05, 4.69) is 30.1 Å². The van der Waals surface area contributed by atoms with Crippen molar-refractivity contribution in [2.75, 3.05) is 39.3 Å². The van der Waals surface area contributed by atoms with Crippen LogP contribution in [0.1, 0.15) is 45.2 Å². The molecule has 30 heavy (non-hydrogen) atoms. The molecule has 0 unspecified atom stereocenters. The first-order chi connectivity index (χ1) is 14.3. The zero-order chi connectivity index (χ0) is 21.7. The van der Waals surface area contributed by atoms with Gasteiger partial charge in [-0.05, 0) is 45.7 Å². The third-order valence-electron chi connectivity index (χ3n) is 5.83. The summed E-state index contributed by atoms with van der Waals surface area (Å²) in [7, 11) is 0. The number of fused-ring (bicyclic) bond motifs is 1. The fraction of sp³-hybridized carbons (Fsp3) is 0.652. The smallest absolute Gasteiger partial charge is 0.318 e. The van der Waals surface area contributed by atoms with Crippen LogP contribution in [0.4, 0.5) is 4.79 Å². The fourth-order valence-corrected chi connectivity index (χ4v) is 4.01. The second kappa shape index (κ2) is 10.2. The van der Waals surface area contributed by atoms with Crippen LogP contribution < -0.4 is 10.1 Å². The zero-order valence-electron chi connectivity index (χ0n) is 18.8. The lowest BCUT2D eigenvalue weighted by atomic mass is 10.0. The van der Waals surface area contributed by atoms with Gasteiger partial charge in [-0.25, -0.2) is 4.79 Å². The third kappa shape index (κ3) is 5.88. The normalized spacial score (nSPS) is 17.5. The quantitative estimate of drug-likeness (QED) is 0.801. The molecule has 2 heterocycles. The number of urea groups is 1. The van der Waals surface area contributed by atoms with E-state index < -0.39 is 0 Å². The van der Waals surface area contributed by atoms with Crippen LogP contribution in [-0.2, 0) is 17.8 Å². The first-order valence-corrected chi connectivity index (χ1v) is 11.2. The van der Waals surface area contributed by atoms with Crippen LogP contribution in [0.15, 0.2) is 18.2 Å². The van der Waals surface area contributed by atoms with Gasteiger partial charge < -0.3 is 19.9 Å². The van der Waals surface area contributed by atoms with Crippen molar-refractivity contribution < 1.29 is 14.3 Å². The minimum atomic E-state index is -0.0671. The topological polar surface area (TPSA) is 65.1 Å². The van der Waals surface area contributed by atoms with Crippen LogP contribution in [0.2, 0.25) is 0 Å². The van der Waals surface area contributed by atoms with Crippen LogP contribution >= 0.6 is 0 Å². The summed E-state index contributed by atoms with van der Waals surface area (Å²) in [6.07, 6.45) is 1.22. The van der Waals surface area contributed by atoms with Gasteiger partial charge in [0.1, 0.15) is 12.4 Å². The Morgan fingerprint density at radius 2 is 1.77 bits per heavy atom. The van der Waals surface area contributed by atoms with Gasteiger partial charge in [-0.15, -0.1) is 0 Å². The van der Waals surface area contributed by atoms with Crippen molar-refractivity contribution >= 4 is 11.9 Å². The number of benzene rings is 1. The second-order valence-corrected chi connectivity index (χ2v) is 8.83. The van der Waals surface area contributed by atoms with Crippen molar-refractivity contribution in [1.29, 1.82) is 0 Å². The van der Waals surface area contributed by atoms with Crippen molar-refractivity contribution in [2.24, 2.45) is 0 Å². The van der Waals surface area contributed by atoms with Gasteiger partial charge in [0.2, 0.25) is 5.91 Å². The number of nitrogens with zero attached hydrogens (tertiary/aromatic N) is 3. The number of hydrogen-bond acceptors (Lipinski definition) is 4. The van der Waals surface area contributed by atoms with Crippen LogP contribution in [0.3, 0.4) is 0 Å². The number of carbonyl (C=O) groups is 2. The molecule has 1 N–H and O–H groups in total. The molecule has 0 aliphatic carbocycles. The summed E-state index contributed by atoms with van der Waals surface area (Å²) in [4.78, 5) is 31.3. The van der Waals surface area contributed by atoms with E-state index >= 15 is 0 Å². The number of piperazine rings is 1. The fourth-order valence-electron chi connectivity index (χ4n) is 4.01. The zero-order valence-corrected chi connectivity index (χ0v) is 18.8. The lowest BCUT2D eigenvalue weighted by molar-refractivity contribution is -0.133. The number of amides is 3. The minimum Gasteiger partial charge on any atom is -0.491 e. The maximum absolute atomic E-state index is 12.7. The maximum Gasteiger partial charge on any atom is 0.318 e. The predicted octanol–water partition coefficient (Wildman–Crippen LogP) is 2.48. The average molecular weight is 417 g/mol. The SMILES string of the molecule is CC(C)NC(=O)N1CCOc2ccc(CCC(=O)N3CCN(C(C)C)CC3)cc2C1. The Morgan fingerprint density at radius 3 is 2.43 bits per heavy atom. The van der Waals surface area contributed by atoms with Gasteiger partial charge >= 0.3 is 6.03 Å². The highest BCUT2D eigenvalue weighted by Gasteiger charge is 2.23. The predicted molar refractivity (Wildman–Crippen MR) is 118 cm³/mol. The Labute approximate surface area is 180 Å². The largest absolute Gasteiger partial charge is 0.491 e. The Morgan fingerprint density at radius 1 is 1.03 bits per heavy atom. The molecule has 1 saturated heterocycles. The van der Waals surface area contributed by atoms with Crippen molar-refractivity contribution in [3.63, 3.8) is 0 Å². The molecule has 2 aliphatic heterocycles. The van der Waals surface area contributed by atoms with Gasteiger partial charge in [0, 0.05) is 50.2 Å². The first kappa shape index (κ1) is 22.4. The van der Waals surface area contributed by atoms with E-state index in [0.717, 1.165) is 43.1 Å². The number of nitrogens with one attached hydrogen (secondary N) is 1. The molecular weight excluding hydrogens is 380 g/mol. The highest BCUT2D eigenvalue weighted by Crippen LogP contribution is 2.25. The van der Waals surface area contributed by atoms with Crippen LogP contribution in [0.5, 0.6) is 5.75 Å². The summed E-state index contributed by atoms with van der Waals surface area (Å²) in [5.74, 6) is 1.05. The molecule has 0 saturated carbocycles. The van der Waals surface area contributed by atoms with E-state index in [1.54, 1.807) is 4.90 Å². The molecule has 2 aliphatic rings. The molecule has 1 aromatic carbocycles. The molecular formula is C23H36N4O3. The molecule has 0 spiro atoms. The maximum atomic E-state index is 12.7. The Balaban J connectivity index is 1.56. The van der Waals surface area contributed by atoms with E-state index in [9.17, 15) is 9.59 Å². The van der Waals surface area contributed by atoms with Gasteiger partial charge in [0.25, 0.3) is 0 Å². The van der Waals surface area contributed by atoms with E-state index in [0.29, 0.717) is 38.6 Å². The molecule has 7 nitrogen and oxygen atoms in total. The number of rotatable bonds is 5. The Bertz CT molecular complexity index is 742. The van der Waals surface area contributed by atoms with Crippen molar-refractivity contribution in [2.45, 2.75) is 59.2 Å². The molecule has 1 fully saturated rings. The van der Waals surface area contributed by atoms with Gasteiger partial charge in [-0.2, -0.15) is 0 Å². The van der Waals surface area contributed by atoms with Gasteiger partial charge in [-0.1, -0.05) is 12.1 Å². The van der Waals surface area contributed by atoms with Gasteiger partial charge in [-0.3, -0.25) is 9.69 Å². The second-order valence-electron chi connectivity index (χ2n) is 8.83. The standard InChI is InChI=1S/C23H36N4O3/c1-17(2)24-23(29)27-13-14-30-21-7-5-19(15-20(21)16-27)6-8-22(28)26-11-9-25(10-12-26)18(3)4/h5,7,15,17-18H,6,8-14,16H2,1-4H3,(H,24,29). The molecule has 3 rings (SSSR count). The van der Waals surface area contributed by atoms with E-state index in [1.807, 2.05) is 30.9 Å². The summed E-state index contributed by atoms with van der Waals surface area (Å²) in [6.45, 7) is 13.4. The lowest BCUT2D eigenvalue weighted by Gasteiger charge is -2.37. The van der Waals surface area contributed by atoms with E-state index in [4.69, 9.17) is 4.74 Å².